The van der Waals surface area contributed by atoms with Crippen LogP contribution in [0.1, 0.15) is 27.0 Å². The minimum atomic E-state index is -0.484. The zero-order valence-electron chi connectivity index (χ0n) is 15.8. The Hall–Kier alpha value is -2.98. The van der Waals surface area contributed by atoms with Crippen molar-refractivity contribution in [3.8, 4) is 11.5 Å². The number of esters is 1. The van der Waals surface area contributed by atoms with Crippen LogP contribution in [-0.4, -0.2) is 13.1 Å². The number of rotatable bonds is 7. The van der Waals surface area contributed by atoms with Crippen LogP contribution in [0, 0.1) is 6.92 Å². The lowest BCUT2D eigenvalue weighted by Crippen LogP contribution is -2.08. The molecule has 0 aliphatic carbocycles. The fourth-order valence-electron chi connectivity index (χ4n) is 2.70. The summed E-state index contributed by atoms with van der Waals surface area (Å²) in [6, 6.07) is 20.6. The molecule has 0 spiro atoms. The molecule has 0 aromatic heterocycles. The van der Waals surface area contributed by atoms with Crippen molar-refractivity contribution in [1.29, 1.82) is 0 Å². The highest BCUT2D eigenvalue weighted by Gasteiger charge is 2.18. The molecule has 0 bridgehead atoms. The zero-order valence-corrected chi connectivity index (χ0v) is 16.5. The summed E-state index contributed by atoms with van der Waals surface area (Å²) in [6.07, 6.45) is 0. The van der Waals surface area contributed by atoms with Crippen molar-refractivity contribution in [3.63, 3.8) is 0 Å². The molecule has 0 saturated heterocycles. The Balaban J connectivity index is 1.85. The SMILES string of the molecule is COC(=O)c1cccc(OCc2ccc(C)cc2Cl)c1OCc1ccccc1. The normalized spacial score (nSPS) is 10.4. The third-order valence-electron chi connectivity index (χ3n) is 4.20. The number of aryl methyl sites for hydroxylation is 1. The average molecular weight is 397 g/mol. The van der Waals surface area contributed by atoms with Gasteiger partial charge in [-0.15, -0.1) is 0 Å². The molecule has 3 aromatic carbocycles. The first-order chi connectivity index (χ1) is 13.6. The Morgan fingerprint density at radius 2 is 1.71 bits per heavy atom. The van der Waals surface area contributed by atoms with E-state index in [9.17, 15) is 4.79 Å². The zero-order chi connectivity index (χ0) is 19.9. The molecular weight excluding hydrogens is 376 g/mol. The molecule has 3 rings (SSSR count). The summed E-state index contributed by atoms with van der Waals surface area (Å²) in [4.78, 5) is 12.2. The van der Waals surface area contributed by atoms with Crippen LogP contribution in [-0.2, 0) is 18.0 Å². The van der Waals surface area contributed by atoms with E-state index in [2.05, 4.69) is 0 Å². The predicted octanol–water partition coefficient (Wildman–Crippen LogP) is 5.59. The largest absolute Gasteiger partial charge is 0.485 e. The lowest BCUT2D eigenvalue weighted by molar-refractivity contribution is 0.0594. The maximum atomic E-state index is 12.2. The van der Waals surface area contributed by atoms with Crippen LogP contribution in [0.2, 0.25) is 5.02 Å². The first-order valence-corrected chi connectivity index (χ1v) is 9.22. The Morgan fingerprint density at radius 1 is 0.929 bits per heavy atom. The van der Waals surface area contributed by atoms with Gasteiger partial charge < -0.3 is 14.2 Å². The van der Waals surface area contributed by atoms with Gasteiger partial charge >= 0.3 is 5.97 Å². The molecule has 0 aliphatic rings. The summed E-state index contributed by atoms with van der Waals surface area (Å²) in [5.74, 6) is 0.318. The fraction of sp³-hybridized carbons (Fsp3) is 0.174. The Bertz CT molecular complexity index is 954. The van der Waals surface area contributed by atoms with Crippen molar-refractivity contribution >= 4 is 17.6 Å². The maximum Gasteiger partial charge on any atom is 0.341 e. The molecule has 3 aromatic rings. The molecule has 0 N–H and O–H groups in total. The minimum Gasteiger partial charge on any atom is -0.485 e. The van der Waals surface area contributed by atoms with Gasteiger partial charge in [0, 0.05) is 10.6 Å². The number of methoxy groups -OCH3 is 1. The molecule has 0 atom stereocenters. The second kappa shape index (κ2) is 9.29. The second-order valence-corrected chi connectivity index (χ2v) is 6.69. The van der Waals surface area contributed by atoms with E-state index >= 15 is 0 Å². The summed E-state index contributed by atoms with van der Waals surface area (Å²) in [7, 11) is 1.34. The molecule has 0 saturated carbocycles. The van der Waals surface area contributed by atoms with Gasteiger partial charge in [0.1, 0.15) is 18.8 Å². The Labute approximate surface area is 169 Å². The molecule has 4 nitrogen and oxygen atoms in total. The third-order valence-corrected chi connectivity index (χ3v) is 4.55. The van der Waals surface area contributed by atoms with E-state index < -0.39 is 5.97 Å². The molecule has 0 radical (unpaired) electrons. The average Bonchev–Trinajstić information content (AvgIpc) is 2.72. The van der Waals surface area contributed by atoms with Gasteiger partial charge in [-0.3, -0.25) is 0 Å². The monoisotopic (exact) mass is 396 g/mol. The summed E-state index contributed by atoms with van der Waals surface area (Å²) < 4.78 is 16.8. The van der Waals surface area contributed by atoms with Crippen molar-refractivity contribution < 1.29 is 19.0 Å². The lowest BCUT2D eigenvalue weighted by atomic mass is 10.1. The molecule has 0 fully saturated rings. The summed E-state index contributed by atoms with van der Waals surface area (Å²) >= 11 is 6.30. The van der Waals surface area contributed by atoms with E-state index in [0.29, 0.717) is 28.7 Å². The molecule has 5 heteroatoms. The van der Waals surface area contributed by atoms with Gasteiger partial charge in [-0.05, 0) is 36.2 Å². The van der Waals surface area contributed by atoms with E-state index in [1.165, 1.54) is 7.11 Å². The van der Waals surface area contributed by atoms with Crippen LogP contribution in [0.15, 0.2) is 66.7 Å². The van der Waals surface area contributed by atoms with Crippen LogP contribution in [0.25, 0.3) is 0 Å². The van der Waals surface area contributed by atoms with Crippen LogP contribution in [0.4, 0.5) is 0 Å². The van der Waals surface area contributed by atoms with Crippen LogP contribution < -0.4 is 9.47 Å². The van der Waals surface area contributed by atoms with Crippen molar-refractivity contribution in [2.75, 3.05) is 7.11 Å². The number of benzene rings is 3. The summed E-state index contributed by atoms with van der Waals surface area (Å²) in [5.41, 5.74) is 3.22. The fourth-order valence-corrected chi connectivity index (χ4v) is 2.99. The molecule has 0 heterocycles. The van der Waals surface area contributed by atoms with E-state index in [1.807, 2.05) is 55.5 Å². The topological polar surface area (TPSA) is 44.8 Å². The smallest absolute Gasteiger partial charge is 0.341 e. The van der Waals surface area contributed by atoms with Crippen molar-refractivity contribution in [2.45, 2.75) is 20.1 Å². The lowest BCUT2D eigenvalue weighted by Gasteiger charge is -2.16. The predicted molar refractivity (Wildman–Crippen MR) is 109 cm³/mol. The number of carbonyl (C=O) groups excluding carboxylic acids is 1. The van der Waals surface area contributed by atoms with Gasteiger partial charge in [-0.1, -0.05) is 60.1 Å². The first kappa shape index (κ1) is 19.8. The minimum absolute atomic E-state index is 0.255. The number of para-hydroxylation sites is 1. The molecule has 0 amide bonds. The number of ether oxygens (including phenoxy) is 3. The molecule has 0 unspecified atom stereocenters. The van der Waals surface area contributed by atoms with Gasteiger partial charge in [-0.2, -0.15) is 0 Å². The standard InChI is InChI=1S/C23H21ClO4/c1-16-11-12-18(20(24)13-16)15-27-21-10-6-9-19(23(25)26-2)22(21)28-14-17-7-4-3-5-8-17/h3-13H,14-15H2,1-2H3. The van der Waals surface area contributed by atoms with E-state index in [1.54, 1.807) is 18.2 Å². The highest BCUT2D eigenvalue weighted by atomic mass is 35.5. The quantitative estimate of drug-likeness (QED) is 0.488. The van der Waals surface area contributed by atoms with E-state index in [0.717, 1.165) is 16.7 Å². The van der Waals surface area contributed by atoms with Gasteiger partial charge in [0.05, 0.1) is 7.11 Å². The summed E-state index contributed by atoms with van der Waals surface area (Å²) in [6.45, 7) is 2.54. The molecule has 144 valence electrons. The van der Waals surface area contributed by atoms with Gasteiger partial charge in [0.15, 0.2) is 11.5 Å². The van der Waals surface area contributed by atoms with E-state index in [-0.39, 0.29) is 6.61 Å². The van der Waals surface area contributed by atoms with Crippen LogP contribution in [0.5, 0.6) is 11.5 Å². The number of hydrogen-bond donors (Lipinski definition) is 0. The number of carbonyl (C=O) groups is 1. The first-order valence-electron chi connectivity index (χ1n) is 8.84. The Kier molecular flexibility index (Phi) is 6.56. The van der Waals surface area contributed by atoms with Gasteiger partial charge in [0.25, 0.3) is 0 Å². The van der Waals surface area contributed by atoms with Gasteiger partial charge in [-0.25, -0.2) is 4.79 Å². The number of halogens is 1. The van der Waals surface area contributed by atoms with Crippen LogP contribution in [0.3, 0.4) is 0 Å². The highest BCUT2D eigenvalue weighted by Crippen LogP contribution is 2.33. The Morgan fingerprint density at radius 3 is 2.43 bits per heavy atom. The highest BCUT2D eigenvalue weighted by molar-refractivity contribution is 6.31. The maximum absolute atomic E-state index is 12.2. The number of hydrogen-bond acceptors (Lipinski definition) is 4. The van der Waals surface area contributed by atoms with Crippen molar-refractivity contribution in [1.82, 2.24) is 0 Å². The molecule has 0 aliphatic heterocycles. The van der Waals surface area contributed by atoms with E-state index in [4.69, 9.17) is 25.8 Å². The third kappa shape index (κ3) is 4.84. The van der Waals surface area contributed by atoms with Crippen LogP contribution >= 0.6 is 11.6 Å². The van der Waals surface area contributed by atoms with Gasteiger partial charge in [0.2, 0.25) is 0 Å². The molecule has 28 heavy (non-hydrogen) atoms. The second-order valence-electron chi connectivity index (χ2n) is 6.28. The van der Waals surface area contributed by atoms with Crippen molar-refractivity contribution in [3.05, 3.63) is 94.0 Å². The van der Waals surface area contributed by atoms with Crippen molar-refractivity contribution in [2.24, 2.45) is 0 Å². The molecular formula is C23H21ClO4. The summed E-state index contributed by atoms with van der Waals surface area (Å²) in [5, 5.41) is 0.635.